The molecule has 0 N–H and O–H groups in total. The van der Waals surface area contributed by atoms with Crippen LogP contribution >= 0.6 is 34.8 Å². The number of ketones is 1. The van der Waals surface area contributed by atoms with Crippen molar-refractivity contribution in [3.63, 3.8) is 0 Å². The number of carbonyl (C=O) groups is 1. The summed E-state index contributed by atoms with van der Waals surface area (Å²) >= 11 is 17.6. The molecule has 0 fully saturated rings. The minimum Gasteiger partial charge on any atom is -0.453 e. The smallest absolute Gasteiger partial charge is 0.248 e. The molecule has 0 radical (unpaired) electrons. The molecule has 3 nitrogen and oxygen atoms in total. The Kier molecular flexibility index (Phi) is 3.42. The SMILES string of the molecule is O=C(c1cc2cc(Cl)ccc2o1)c1ncc(Cl)cc1Cl. The second kappa shape index (κ2) is 5.09. The van der Waals surface area contributed by atoms with Crippen LogP contribution in [0.3, 0.4) is 0 Å². The Morgan fingerprint density at radius 2 is 1.85 bits per heavy atom. The summed E-state index contributed by atoms with van der Waals surface area (Å²) in [5.41, 5.74) is 0.670. The molecule has 0 aliphatic rings. The molecule has 2 heterocycles. The van der Waals surface area contributed by atoms with Crippen molar-refractivity contribution in [2.24, 2.45) is 0 Å². The van der Waals surface area contributed by atoms with E-state index >= 15 is 0 Å². The number of carbonyl (C=O) groups excluding carboxylic acids is 1. The molecule has 2 aromatic heterocycles. The molecule has 0 bridgehead atoms. The second-order valence-corrected chi connectivity index (χ2v) is 5.39. The van der Waals surface area contributed by atoms with E-state index in [-0.39, 0.29) is 16.5 Å². The van der Waals surface area contributed by atoms with Crippen molar-refractivity contribution >= 4 is 51.6 Å². The zero-order valence-electron chi connectivity index (χ0n) is 9.86. The summed E-state index contributed by atoms with van der Waals surface area (Å²) in [6.07, 6.45) is 1.36. The van der Waals surface area contributed by atoms with Gasteiger partial charge in [0.15, 0.2) is 5.76 Å². The lowest BCUT2D eigenvalue weighted by Crippen LogP contribution is -2.03. The fourth-order valence-corrected chi connectivity index (χ4v) is 2.47. The largest absolute Gasteiger partial charge is 0.453 e. The number of pyridine rings is 1. The van der Waals surface area contributed by atoms with E-state index in [2.05, 4.69) is 4.98 Å². The van der Waals surface area contributed by atoms with Gasteiger partial charge in [0.05, 0.1) is 10.0 Å². The number of halogens is 3. The predicted octanol–water partition coefficient (Wildman–Crippen LogP) is 5.02. The maximum atomic E-state index is 12.3. The molecule has 0 unspecified atom stereocenters. The number of rotatable bonds is 2. The van der Waals surface area contributed by atoms with Gasteiger partial charge >= 0.3 is 0 Å². The van der Waals surface area contributed by atoms with Crippen molar-refractivity contribution < 1.29 is 9.21 Å². The van der Waals surface area contributed by atoms with Crippen LogP contribution in [-0.2, 0) is 0 Å². The van der Waals surface area contributed by atoms with Crippen molar-refractivity contribution in [2.75, 3.05) is 0 Å². The first-order chi connectivity index (χ1) is 9.54. The normalized spacial score (nSPS) is 10.9. The number of aromatic nitrogens is 1. The third-order valence-corrected chi connectivity index (χ3v) is 3.45. The van der Waals surface area contributed by atoms with E-state index in [4.69, 9.17) is 39.2 Å². The van der Waals surface area contributed by atoms with Crippen molar-refractivity contribution in [2.45, 2.75) is 0 Å². The highest BCUT2D eigenvalue weighted by molar-refractivity contribution is 6.37. The van der Waals surface area contributed by atoms with Gasteiger partial charge in [0.2, 0.25) is 5.78 Å². The Balaban J connectivity index is 2.08. The lowest BCUT2D eigenvalue weighted by molar-refractivity contribution is 0.101. The van der Waals surface area contributed by atoms with Gasteiger partial charge in [-0.1, -0.05) is 34.8 Å². The van der Waals surface area contributed by atoms with Gasteiger partial charge in [0.1, 0.15) is 11.3 Å². The van der Waals surface area contributed by atoms with Gasteiger partial charge in [-0.05, 0) is 30.3 Å². The van der Waals surface area contributed by atoms with Crippen molar-refractivity contribution in [1.29, 1.82) is 0 Å². The summed E-state index contributed by atoms with van der Waals surface area (Å²) < 4.78 is 5.48. The zero-order valence-corrected chi connectivity index (χ0v) is 12.1. The summed E-state index contributed by atoms with van der Waals surface area (Å²) in [6, 6.07) is 8.17. The molecule has 0 aliphatic carbocycles. The molecule has 0 saturated carbocycles. The maximum Gasteiger partial charge on any atom is 0.248 e. The zero-order chi connectivity index (χ0) is 14.3. The number of benzene rings is 1. The van der Waals surface area contributed by atoms with Gasteiger partial charge in [-0.15, -0.1) is 0 Å². The molecule has 6 heteroatoms. The number of furan rings is 1. The molecule has 0 saturated heterocycles. The van der Waals surface area contributed by atoms with Crippen molar-refractivity contribution in [1.82, 2.24) is 4.98 Å². The van der Waals surface area contributed by atoms with Crippen LogP contribution in [0.1, 0.15) is 16.2 Å². The highest BCUT2D eigenvalue weighted by Crippen LogP contribution is 2.26. The Hall–Kier alpha value is -1.55. The van der Waals surface area contributed by atoms with Crippen molar-refractivity contribution in [3.8, 4) is 0 Å². The van der Waals surface area contributed by atoms with E-state index in [1.165, 1.54) is 12.3 Å². The molecule has 3 aromatic rings. The second-order valence-electron chi connectivity index (χ2n) is 4.11. The summed E-state index contributed by atoms with van der Waals surface area (Å²) in [6.45, 7) is 0. The fraction of sp³-hybridized carbons (Fsp3) is 0. The monoisotopic (exact) mass is 325 g/mol. The predicted molar refractivity (Wildman–Crippen MR) is 78.9 cm³/mol. The highest BCUT2D eigenvalue weighted by Gasteiger charge is 2.19. The van der Waals surface area contributed by atoms with Gasteiger partial charge < -0.3 is 4.42 Å². The van der Waals surface area contributed by atoms with Gasteiger partial charge in [-0.25, -0.2) is 4.98 Å². The molecular weight excluding hydrogens is 321 g/mol. The third-order valence-electron chi connectivity index (χ3n) is 2.73. The Morgan fingerprint density at radius 3 is 2.60 bits per heavy atom. The summed E-state index contributed by atoms with van der Waals surface area (Å²) in [5, 5.41) is 1.86. The number of fused-ring (bicyclic) bond motifs is 1. The lowest BCUT2D eigenvalue weighted by Gasteiger charge is -2.00. The number of hydrogen-bond acceptors (Lipinski definition) is 3. The molecule has 0 atom stereocenters. The molecular formula is C14H6Cl3NO2. The summed E-state index contributed by atoms with van der Waals surface area (Å²) in [4.78, 5) is 16.3. The quantitative estimate of drug-likeness (QED) is 0.621. The van der Waals surface area contributed by atoms with Crippen LogP contribution in [0, 0.1) is 0 Å². The minimum atomic E-state index is -0.404. The number of hydrogen-bond donors (Lipinski definition) is 0. The standard InChI is InChI=1S/C14H6Cl3NO2/c15-8-1-2-11-7(3-8)4-12(20-11)14(19)13-10(17)5-9(16)6-18-13/h1-6H. The lowest BCUT2D eigenvalue weighted by atomic mass is 10.2. The first-order valence-corrected chi connectivity index (χ1v) is 6.73. The van der Waals surface area contributed by atoms with Gasteiger partial charge in [0.25, 0.3) is 0 Å². The van der Waals surface area contributed by atoms with Crippen LogP contribution in [0.4, 0.5) is 0 Å². The Morgan fingerprint density at radius 1 is 1.05 bits per heavy atom. The van der Waals surface area contributed by atoms with Crippen LogP contribution < -0.4 is 0 Å². The van der Waals surface area contributed by atoms with Crippen LogP contribution in [0.5, 0.6) is 0 Å². The van der Waals surface area contributed by atoms with Crippen LogP contribution in [-0.4, -0.2) is 10.8 Å². The Labute approximate surface area is 129 Å². The molecule has 1 aromatic carbocycles. The highest BCUT2D eigenvalue weighted by atomic mass is 35.5. The van der Waals surface area contributed by atoms with Gasteiger partial charge in [0, 0.05) is 16.6 Å². The fourth-order valence-electron chi connectivity index (χ4n) is 1.82. The molecule has 100 valence electrons. The van der Waals surface area contributed by atoms with Crippen LogP contribution in [0.25, 0.3) is 11.0 Å². The van der Waals surface area contributed by atoms with Crippen LogP contribution in [0.2, 0.25) is 15.1 Å². The van der Waals surface area contributed by atoms with E-state index in [0.29, 0.717) is 15.6 Å². The van der Waals surface area contributed by atoms with Gasteiger partial charge in [-0.2, -0.15) is 0 Å². The summed E-state index contributed by atoms with van der Waals surface area (Å²) in [5.74, 6) is -0.252. The first-order valence-electron chi connectivity index (χ1n) is 5.59. The van der Waals surface area contributed by atoms with E-state index in [1.807, 2.05) is 0 Å². The number of nitrogens with zero attached hydrogens (tertiary/aromatic N) is 1. The van der Waals surface area contributed by atoms with Crippen LogP contribution in [0.15, 0.2) is 40.9 Å². The van der Waals surface area contributed by atoms with Gasteiger partial charge in [-0.3, -0.25) is 4.79 Å². The summed E-state index contributed by atoms with van der Waals surface area (Å²) in [7, 11) is 0. The minimum absolute atomic E-state index is 0.0984. The van der Waals surface area contributed by atoms with E-state index in [0.717, 1.165) is 5.39 Å². The maximum absolute atomic E-state index is 12.3. The molecule has 20 heavy (non-hydrogen) atoms. The Bertz CT molecular complexity index is 826. The average molecular weight is 327 g/mol. The topological polar surface area (TPSA) is 43.1 Å². The van der Waals surface area contributed by atoms with E-state index in [9.17, 15) is 4.79 Å². The third kappa shape index (κ3) is 2.40. The molecule has 0 amide bonds. The molecule has 0 aliphatic heterocycles. The first kappa shape index (κ1) is 13.4. The molecule has 3 rings (SSSR count). The van der Waals surface area contributed by atoms with E-state index < -0.39 is 5.78 Å². The van der Waals surface area contributed by atoms with E-state index in [1.54, 1.807) is 24.3 Å². The van der Waals surface area contributed by atoms with Crippen molar-refractivity contribution in [3.05, 3.63) is 63.1 Å². The molecule has 0 spiro atoms. The average Bonchev–Trinajstić information content (AvgIpc) is 2.81.